The summed E-state index contributed by atoms with van der Waals surface area (Å²) in [5, 5.41) is 0. The molecule has 0 bridgehead atoms. The van der Waals surface area contributed by atoms with Gasteiger partial charge in [-0.1, -0.05) is 38.8 Å². The smallest absolute Gasteiger partial charge is 0.126 e. The number of carbonyl (C=O) groups is 1. The van der Waals surface area contributed by atoms with Crippen molar-refractivity contribution < 1.29 is 4.79 Å². The van der Waals surface area contributed by atoms with Gasteiger partial charge in [0.25, 0.3) is 0 Å². The fraction of sp³-hybridized carbons (Fsp3) is 0.769. The van der Waals surface area contributed by atoms with E-state index < -0.39 is 0 Å². The standard InChI is InChI=1S/C13H22O/c1-3-13(2,11-14)12-9-7-5-4-6-8-10-12/h7,9,11-12H,3-6,8,10H2,1-2H3/b9-7-. The first kappa shape index (κ1) is 11.5. The van der Waals surface area contributed by atoms with Crippen LogP contribution in [0, 0.1) is 11.3 Å². The van der Waals surface area contributed by atoms with Crippen LogP contribution in [-0.4, -0.2) is 6.29 Å². The minimum absolute atomic E-state index is 0.131. The summed E-state index contributed by atoms with van der Waals surface area (Å²) in [4.78, 5) is 11.1. The predicted molar refractivity (Wildman–Crippen MR) is 60.2 cm³/mol. The van der Waals surface area contributed by atoms with Crippen molar-refractivity contribution >= 4 is 6.29 Å². The molecule has 1 aliphatic rings. The van der Waals surface area contributed by atoms with Gasteiger partial charge in [0.1, 0.15) is 6.29 Å². The number of carbonyl (C=O) groups excluding carboxylic acids is 1. The fourth-order valence-electron chi connectivity index (χ4n) is 2.14. The molecule has 0 aromatic rings. The van der Waals surface area contributed by atoms with Gasteiger partial charge >= 0.3 is 0 Å². The highest BCUT2D eigenvalue weighted by Gasteiger charge is 2.30. The van der Waals surface area contributed by atoms with E-state index >= 15 is 0 Å². The van der Waals surface area contributed by atoms with E-state index in [4.69, 9.17) is 0 Å². The molecule has 0 aromatic carbocycles. The molecule has 14 heavy (non-hydrogen) atoms. The summed E-state index contributed by atoms with van der Waals surface area (Å²) in [5.74, 6) is 0.463. The molecule has 0 saturated carbocycles. The third-order valence-electron chi connectivity index (χ3n) is 3.63. The van der Waals surface area contributed by atoms with Crippen LogP contribution in [0.1, 0.15) is 52.4 Å². The Morgan fingerprint density at radius 1 is 1.43 bits per heavy atom. The van der Waals surface area contributed by atoms with E-state index in [1.165, 1.54) is 32.1 Å². The first-order valence-corrected chi connectivity index (χ1v) is 5.86. The summed E-state index contributed by atoms with van der Waals surface area (Å²) >= 11 is 0. The van der Waals surface area contributed by atoms with Gasteiger partial charge in [0.15, 0.2) is 0 Å². The molecule has 2 unspecified atom stereocenters. The minimum Gasteiger partial charge on any atom is -0.303 e. The second-order valence-corrected chi connectivity index (χ2v) is 4.65. The van der Waals surface area contributed by atoms with E-state index in [1.54, 1.807) is 0 Å². The predicted octanol–water partition coefficient (Wildman–Crippen LogP) is 3.74. The first-order valence-electron chi connectivity index (χ1n) is 5.86. The molecular weight excluding hydrogens is 172 g/mol. The maximum absolute atomic E-state index is 11.1. The number of hydrogen-bond donors (Lipinski definition) is 0. The van der Waals surface area contributed by atoms with Crippen LogP contribution in [0.4, 0.5) is 0 Å². The van der Waals surface area contributed by atoms with Gasteiger partial charge < -0.3 is 4.79 Å². The molecular formula is C13H22O. The Hall–Kier alpha value is -0.590. The van der Waals surface area contributed by atoms with Crippen LogP contribution in [0.15, 0.2) is 12.2 Å². The van der Waals surface area contributed by atoms with E-state index in [2.05, 4.69) is 26.0 Å². The van der Waals surface area contributed by atoms with Crippen LogP contribution in [0.25, 0.3) is 0 Å². The van der Waals surface area contributed by atoms with Gasteiger partial charge in [-0.25, -0.2) is 0 Å². The van der Waals surface area contributed by atoms with E-state index in [0.29, 0.717) is 5.92 Å². The van der Waals surface area contributed by atoms with Gasteiger partial charge in [0.2, 0.25) is 0 Å². The summed E-state index contributed by atoms with van der Waals surface area (Å²) in [6.45, 7) is 4.21. The molecule has 0 heterocycles. The van der Waals surface area contributed by atoms with Crippen LogP contribution < -0.4 is 0 Å². The second-order valence-electron chi connectivity index (χ2n) is 4.65. The molecule has 1 heteroatoms. The molecule has 80 valence electrons. The third kappa shape index (κ3) is 2.70. The van der Waals surface area contributed by atoms with E-state index in [0.717, 1.165) is 12.7 Å². The van der Waals surface area contributed by atoms with Crippen LogP contribution in [0.5, 0.6) is 0 Å². The number of rotatable bonds is 3. The summed E-state index contributed by atoms with van der Waals surface area (Å²) in [6, 6.07) is 0. The lowest BCUT2D eigenvalue weighted by Gasteiger charge is -2.30. The molecule has 0 aliphatic heterocycles. The van der Waals surface area contributed by atoms with Gasteiger partial charge in [0, 0.05) is 5.41 Å². The van der Waals surface area contributed by atoms with Gasteiger partial charge in [-0.2, -0.15) is 0 Å². The quantitative estimate of drug-likeness (QED) is 0.494. The Bertz CT molecular complexity index is 207. The zero-order chi connectivity index (χ0) is 10.4. The van der Waals surface area contributed by atoms with Crippen molar-refractivity contribution in [3.63, 3.8) is 0 Å². The molecule has 0 spiro atoms. The van der Waals surface area contributed by atoms with Gasteiger partial charge in [-0.05, 0) is 31.6 Å². The van der Waals surface area contributed by atoms with Crippen molar-refractivity contribution in [2.75, 3.05) is 0 Å². The number of allylic oxidation sites excluding steroid dienone is 2. The lowest BCUT2D eigenvalue weighted by Crippen LogP contribution is -2.27. The lowest BCUT2D eigenvalue weighted by molar-refractivity contribution is -0.117. The zero-order valence-electron chi connectivity index (χ0n) is 9.46. The van der Waals surface area contributed by atoms with Crippen LogP contribution >= 0.6 is 0 Å². The molecule has 1 nitrogen and oxygen atoms in total. The Kier molecular flexibility index (Phi) is 4.37. The molecule has 1 rings (SSSR count). The topological polar surface area (TPSA) is 17.1 Å². The molecule has 2 atom stereocenters. The average molecular weight is 194 g/mol. The summed E-state index contributed by atoms with van der Waals surface area (Å²) in [6.07, 6.45) is 12.9. The number of hydrogen-bond acceptors (Lipinski definition) is 1. The zero-order valence-corrected chi connectivity index (χ0v) is 9.46. The molecule has 0 aromatic heterocycles. The summed E-state index contributed by atoms with van der Waals surface area (Å²) < 4.78 is 0. The first-order chi connectivity index (χ1) is 6.73. The summed E-state index contributed by atoms with van der Waals surface area (Å²) in [7, 11) is 0. The Morgan fingerprint density at radius 2 is 2.21 bits per heavy atom. The fourth-order valence-corrected chi connectivity index (χ4v) is 2.14. The highest BCUT2D eigenvalue weighted by atomic mass is 16.1. The third-order valence-corrected chi connectivity index (χ3v) is 3.63. The van der Waals surface area contributed by atoms with E-state index in [1.807, 2.05) is 0 Å². The second kappa shape index (κ2) is 5.33. The molecule has 0 saturated heterocycles. The molecule has 0 radical (unpaired) electrons. The normalized spacial score (nSPS) is 29.7. The molecule has 1 aliphatic carbocycles. The average Bonchev–Trinajstić information content (AvgIpc) is 2.16. The van der Waals surface area contributed by atoms with Gasteiger partial charge in [-0.15, -0.1) is 0 Å². The molecule has 0 N–H and O–H groups in total. The maximum atomic E-state index is 11.1. The Morgan fingerprint density at radius 3 is 2.86 bits per heavy atom. The van der Waals surface area contributed by atoms with Crippen molar-refractivity contribution in [3.8, 4) is 0 Å². The van der Waals surface area contributed by atoms with Crippen molar-refractivity contribution in [2.24, 2.45) is 11.3 Å². The maximum Gasteiger partial charge on any atom is 0.126 e. The monoisotopic (exact) mass is 194 g/mol. The Balaban J connectivity index is 2.71. The molecule has 0 fully saturated rings. The van der Waals surface area contributed by atoms with E-state index in [9.17, 15) is 4.79 Å². The highest BCUT2D eigenvalue weighted by Crippen LogP contribution is 2.34. The van der Waals surface area contributed by atoms with Crippen molar-refractivity contribution in [3.05, 3.63) is 12.2 Å². The Labute approximate surface area is 87.6 Å². The largest absolute Gasteiger partial charge is 0.303 e. The van der Waals surface area contributed by atoms with Crippen molar-refractivity contribution in [1.29, 1.82) is 0 Å². The van der Waals surface area contributed by atoms with Gasteiger partial charge in [0.05, 0.1) is 0 Å². The highest BCUT2D eigenvalue weighted by molar-refractivity contribution is 5.59. The van der Waals surface area contributed by atoms with Gasteiger partial charge in [-0.3, -0.25) is 0 Å². The van der Waals surface area contributed by atoms with Crippen LogP contribution in [0.3, 0.4) is 0 Å². The van der Waals surface area contributed by atoms with E-state index in [-0.39, 0.29) is 5.41 Å². The lowest BCUT2D eigenvalue weighted by atomic mass is 9.73. The van der Waals surface area contributed by atoms with Crippen LogP contribution in [0.2, 0.25) is 0 Å². The molecule has 0 amide bonds. The van der Waals surface area contributed by atoms with Crippen molar-refractivity contribution in [2.45, 2.75) is 52.4 Å². The van der Waals surface area contributed by atoms with Crippen molar-refractivity contribution in [1.82, 2.24) is 0 Å². The van der Waals surface area contributed by atoms with Crippen LogP contribution in [-0.2, 0) is 4.79 Å². The SMILES string of the molecule is CCC(C)(C=O)C1/C=C\CCCCC1. The minimum atomic E-state index is -0.131. The summed E-state index contributed by atoms with van der Waals surface area (Å²) in [5.41, 5.74) is -0.131. The number of aldehydes is 1.